The smallest absolute Gasteiger partial charge is 0.258 e. The molecule has 2 aromatic carbocycles. The topological polar surface area (TPSA) is 87.9 Å². The molecule has 7 nitrogen and oxygen atoms in total. The van der Waals surface area contributed by atoms with Crippen LogP contribution in [0.2, 0.25) is 0 Å². The molecule has 4 rings (SSSR count). The van der Waals surface area contributed by atoms with E-state index in [0.29, 0.717) is 35.1 Å². The lowest BCUT2D eigenvalue weighted by Crippen LogP contribution is -2.25. The molecule has 1 N–H and O–H groups in total. The number of rotatable bonds is 5. The molecule has 28 heavy (non-hydrogen) atoms. The van der Waals surface area contributed by atoms with Crippen molar-refractivity contribution >= 4 is 10.9 Å². The molecule has 2 heterocycles. The number of hydrogen-bond donors (Lipinski definition) is 1. The second-order valence-corrected chi connectivity index (χ2v) is 6.94. The van der Waals surface area contributed by atoms with Crippen molar-refractivity contribution in [3.63, 3.8) is 0 Å². The Morgan fingerprint density at radius 3 is 2.79 bits per heavy atom. The van der Waals surface area contributed by atoms with Crippen LogP contribution in [0.25, 0.3) is 22.4 Å². The first-order chi connectivity index (χ1) is 13.5. The summed E-state index contributed by atoms with van der Waals surface area (Å²) in [6.07, 6.45) is 0. The van der Waals surface area contributed by atoms with Crippen molar-refractivity contribution in [2.24, 2.45) is 0 Å². The molecule has 0 aliphatic rings. The minimum atomic E-state index is -0.138. The number of hydrogen-bond acceptors (Lipinski definition) is 6. The second-order valence-electron chi connectivity index (χ2n) is 6.94. The van der Waals surface area contributed by atoms with Crippen LogP contribution in [0.15, 0.2) is 57.7 Å². The lowest BCUT2D eigenvalue weighted by molar-refractivity contribution is 0.213. The van der Waals surface area contributed by atoms with Crippen LogP contribution in [-0.2, 0) is 6.54 Å². The van der Waals surface area contributed by atoms with Crippen LogP contribution in [0.1, 0.15) is 30.2 Å². The zero-order chi connectivity index (χ0) is 19.7. The quantitative estimate of drug-likeness (QED) is 0.575. The summed E-state index contributed by atoms with van der Waals surface area (Å²) >= 11 is 0. The van der Waals surface area contributed by atoms with Gasteiger partial charge in [0.15, 0.2) is 0 Å². The summed E-state index contributed by atoms with van der Waals surface area (Å²) in [5, 5.41) is 8.96. The number of aromatic amines is 1. The van der Waals surface area contributed by atoms with E-state index >= 15 is 0 Å². The van der Waals surface area contributed by atoms with Gasteiger partial charge in [-0.05, 0) is 45.2 Å². The molecule has 0 fully saturated rings. The summed E-state index contributed by atoms with van der Waals surface area (Å²) in [6.45, 7) is 4.45. The van der Waals surface area contributed by atoms with Gasteiger partial charge in [-0.25, -0.2) is 4.98 Å². The molecule has 0 bridgehead atoms. The van der Waals surface area contributed by atoms with E-state index in [4.69, 9.17) is 4.42 Å². The lowest BCUT2D eigenvalue weighted by atomic mass is 10.1. The van der Waals surface area contributed by atoms with Gasteiger partial charge in [0, 0.05) is 5.56 Å². The van der Waals surface area contributed by atoms with Gasteiger partial charge >= 0.3 is 0 Å². The predicted octanol–water partition coefficient (Wildman–Crippen LogP) is 3.47. The Balaban J connectivity index is 1.54. The number of benzene rings is 2. The van der Waals surface area contributed by atoms with Crippen molar-refractivity contribution in [1.82, 2.24) is 25.1 Å². The molecule has 1 atom stereocenters. The first-order valence-electron chi connectivity index (χ1n) is 9.10. The van der Waals surface area contributed by atoms with Crippen molar-refractivity contribution in [1.29, 1.82) is 0 Å². The van der Waals surface area contributed by atoms with Crippen LogP contribution in [0.3, 0.4) is 0 Å². The zero-order valence-electron chi connectivity index (χ0n) is 16.0. The molecule has 7 heteroatoms. The Bertz CT molecular complexity index is 1180. The first kappa shape index (κ1) is 18.1. The molecule has 0 saturated heterocycles. The molecule has 0 saturated carbocycles. The van der Waals surface area contributed by atoms with Crippen molar-refractivity contribution in [3.8, 4) is 11.5 Å². The van der Waals surface area contributed by atoms with E-state index in [9.17, 15) is 4.79 Å². The molecular formula is C21H21N5O2. The third kappa shape index (κ3) is 3.57. The number of aryl methyl sites for hydroxylation is 1. The molecule has 0 spiro atoms. The summed E-state index contributed by atoms with van der Waals surface area (Å²) in [5.74, 6) is 1.61. The molecular weight excluding hydrogens is 354 g/mol. The normalized spacial score (nSPS) is 12.6. The van der Waals surface area contributed by atoms with Gasteiger partial charge in [0.2, 0.25) is 11.8 Å². The SMILES string of the molecule is Cc1cccc(-c2nnc([C@H](C)N(C)Cc3nc4ccccc4c(=O)[nH]3)o2)c1. The zero-order valence-corrected chi connectivity index (χ0v) is 16.0. The monoisotopic (exact) mass is 375 g/mol. The summed E-state index contributed by atoms with van der Waals surface area (Å²) in [7, 11) is 1.93. The maximum atomic E-state index is 12.3. The minimum Gasteiger partial charge on any atom is -0.419 e. The van der Waals surface area contributed by atoms with Gasteiger partial charge in [-0.1, -0.05) is 29.8 Å². The molecule has 0 radical (unpaired) electrons. The van der Waals surface area contributed by atoms with E-state index in [1.807, 2.05) is 68.3 Å². The summed E-state index contributed by atoms with van der Waals surface area (Å²) < 4.78 is 5.88. The Kier molecular flexibility index (Phi) is 4.75. The second kappa shape index (κ2) is 7.36. The molecule has 0 aliphatic carbocycles. The minimum absolute atomic E-state index is 0.136. The Labute approximate surface area is 162 Å². The fraction of sp³-hybridized carbons (Fsp3) is 0.238. The van der Waals surface area contributed by atoms with Crippen molar-refractivity contribution < 1.29 is 4.42 Å². The fourth-order valence-corrected chi connectivity index (χ4v) is 3.07. The van der Waals surface area contributed by atoms with Crippen LogP contribution in [0, 0.1) is 6.92 Å². The van der Waals surface area contributed by atoms with E-state index in [1.165, 1.54) is 0 Å². The van der Waals surface area contributed by atoms with Crippen molar-refractivity contribution in [2.75, 3.05) is 7.05 Å². The first-order valence-corrected chi connectivity index (χ1v) is 9.10. The van der Waals surface area contributed by atoms with Gasteiger partial charge in [0.05, 0.1) is 23.5 Å². The van der Waals surface area contributed by atoms with Gasteiger partial charge in [0.25, 0.3) is 5.56 Å². The van der Waals surface area contributed by atoms with E-state index in [1.54, 1.807) is 6.07 Å². The number of H-pyrrole nitrogens is 1. The van der Waals surface area contributed by atoms with Crippen LogP contribution in [0.4, 0.5) is 0 Å². The highest BCUT2D eigenvalue weighted by Crippen LogP contribution is 2.24. The largest absolute Gasteiger partial charge is 0.419 e. The molecule has 4 aromatic rings. The van der Waals surface area contributed by atoms with E-state index in [-0.39, 0.29) is 11.6 Å². The molecule has 0 aliphatic heterocycles. The summed E-state index contributed by atoms with van der Waals surface area (Å²) in [4.78, 5) is 21.7. The molecule has 142 valence electrons. The maximum Gasteiger partial charge on any atom is 0.258 e. The van der Waals surface area contributed by atoms with Crippen LogP contribution >= 0.6 is 0 Å². The number of nitrogens with one attached hydrogen (secondary N) is 1. The average molecular weight is 375 g/mol. The van der Waals surface area contributed by atoms with Crippen LogP contribution in [-0.4, -0.2) is 32.1 Å². The van der Waals surface area contributed by atoms with Crippen LogP contribution in [0.5, 0.6) is 0 Å². The van der Waals surface area contributed by atoms with Gasteiger partial charge < -0.3 is 9.40 Å². The van der Waals surface area contributed by atoms with Gasteiger partial charge in [-0.2, -0.15) is 0 Å². The molecule has 0 amide bonds. The third-order valence-corrected chi connectivity index (χ3v) is 4.79. The maximum absolute atomic E-state index is 12.3. The van der Waals surface area contributed by atoms with Crippen molar-refractivity contribution in [2.45, 2.75) is 26.4 Å². The van der Waals surface area contributed by atoms with E-state index < -0.39 is 0 Å². The number of fused-ring (bicyclic) bond motifs is 1. The average Bonchev–Trinajstić information content (AvgIpc) is 3.17. The third-order valence-electron chi connectivity index (χ3n) is 4.79. The van der Waals surface area contributed by atoms with Gasteiger partial charge in [-0.3, -0.25) is 9.69 Å². The fourth-order valence-electron chi connectivity index (χ4n) is 3.07. The highest BCUT2D eigenvalue weighted by atomic mass is 16.4. The van der Waals surface area contributed by atoms with Gasteiger partial charge in [0.1, 0.15) is 5.82 Å². The highest BCUT2D eigenvalue weighted by molar-refractivity contribution is 5.77. The van der Waals surface area contributed by atoms with Crippen LogP contribution < -0.4 is 5.56 Å². The highest BCUT2D eigenvalue weighted by Gasteiger charge is 2.20. The Morgan fingerprint density at radius 1 is 1.14 bits per heavy atom. The van der Waals surface area contributed by atoms with E-state index in [2.05, 4.69) is 20.2 Å². The molecule has 2 aromatic heterocycles. The number of nitrogens with zero attached hydrogens (tertiary/aromatic N) is 4. The Hall–Kier alpha value is -3.32. The predicted molar refractivity (Wildman–Crippen MR) is 107 cm³/mol. The molecule has 0 unspecified atom stereocenters. The Morgan fingerprint density at radius 2 is 1.96 bits per heavy atom. The number of aromatic nitrogens is 4. The number of para-hydroxylation sites is 1. The lowest BCUT2D eigenvalue weighted by Gasteiger charge is -2.21. The van der Waals surface area contributed by atoms with E-state index in [0.717, 1.165) is 11.1 Å². The van der Waals surface area contributed by atoms with Gasteiger partial charge in [-0.15, -0.1) is 10.2 Å². The van der Waals surface area contributed by atoms with Crippen molar-refractivity contribution in [3.05, 3.63) is 76.2 Å². The standard InChI is InChI=1S/C21H21N5O2/c1-13-7-6-8-15(11-13)21-25-24-20(28-21)14(2)26(3)12-18-22-17-10-5-4-9-16(17)19(27)23-18/h4-11,14H,12H2,1-3H3,(H,22,23,27)/t14-/m0/s1. The summed E-state index contributed by atoms with van der Waals surface area (Å²) in [6, 6.07) is 15.1. The summed E-state index contributed by atoms with van der Waals surface area (Å²) in [5.41, 5.74) is 2.57.